The van der Waals surface area contributed by atoms with E-state index >= 15 is 0 Å². The molecule has 0 atom stereocenters. The van der Waals surface area contributed by atoms with Crippen molar-refractivity contribution in [1.82, 2.24) is 0 Å². The van der Waals surface area contributed by atoms with Crippen LogP contribution in [-0.4, -0.2) is 12.6 Å². The van der Waals surface area contributed by atoms with Crippen LogP contribution < -0.4 is 5.73 Å². The minimum atomic E-state index is -0.284. The van der Waals surface area contributed by atoms with Crippen LogP contribution in [0.25, 0.3) is 11.1 Å². The van der Waals surface area contributed by atoms with Crippen molar-refractivity contribution in [3.63, 3.8) is 0 Å². The zero-order valence-corrected chi connectivity index (χ0v) is 12.2. The predicted octanol–water partition coefficient (Wildman–Crippen LogP) is 3.47. The topological polar surface area (TPSA) is 52.3 Å². The maximum atomic E-state index is 11.6. The highest BCUT2D eigenvalue weighted by atomic mass is 35.5. The Morgan fingerprint density at radius 2 is 2.11 bits per heavy atom. The van der Waals surface area contributed by atoms with Gasteiger partial charge in [0, 0.05) is 11.4 Å². The van der Waals surface area contributed by atoms with E-state index in [1.165, 1.54) is 0 Å². The molecule has 0 aliphatic heterocycles. The van der Waals surface area contributed by atoms with Crippen molar-refractivity contribution in [2.24, 2.45) is 5.73 Å². The molecule has 0 amide bonds. The summed E-state index contributed by atoms with van der Waals surface area (Å²) in [5, 5.41) is 2.05. The number of esters is 1. The molecule has 0 saturated heterocycles. The number of thiophene rings is 1. The third kappa shape index (κ3) is 3.80. The van der Waals surface area contributed by atoms with Crippen LogP contribution in [-0.2, 0) is 11.3 Å². The van der Waals surface area contributed by atoms with E-state index in [0.717, 1.165) is 16.0 Å². The number of carbonyl (C=O) groups excluding carboxylic acids is 1. The highest BCUT2D eigenvalue weighted by Gasteiger charge is 2.08. The molecule has 2 aromatic rings. The van der Waals surface area contributed by atoms with Gasteiger partial charge in [-0.15, -0.1) is 23.7 Å². The van der Waals surface area contributed by atoms with Crippen LogP contribution in [0.15, 0.2) is 35.7 Å². The second-order valence-electron chi connectivity index (χ2n) is 3.81. The molecule has 0 spiro atoms. The van der Waals surface area contributed by atoms with Gasteiger partial charge in [0.1, 0.15) is 0 Å². The first-order chi connectivity index (χ1) is 8.74. The highest BCUT2D eigenvalue weighted by molar-refractivity contribution is 7.10. The van der Waals surface area contributed by atoms with E-state index in [4.69, 9.17) is 10.5 Å². The first-order valence-corrected chi connectivity index (χ1v) is 6.67. The lowest BCUT2D eigenvalue weighted by molar-refractivity contribution is 0.0526. The van der Waals surface area contributed by atoms with E-state index in [0.29, 0.717) is 18.7 Å². The van der Waals surface area contributed by atoms with Crippen molar-refractivity contribution in [3.05, 3.63) is 46.2 Å². The summed E-state index contributed by atoms with van der Waals surface area (Å²) in [4.78, 5) is 12.8. The molecule has 1 heterocycles. The number of rotatable bonds is 4. The molecule has 0 aliphatic carbocycles. The zero-order valence-electron chi connectivity index (χ0n) is 10.6. The van der Waals surface area contributed by atoms with E-state index in [-0.39, 0.29) is 18.4 Å². The maximum Gasteiger partial charge on any atom is 0.338 e. The Morgan fingerprint density at radius 3 is 2.74 bits per heavy atom. The molecule has 2 N–H and O–H groups in total. The second kappa shape index (κ2) is 7.28. The zero-order chi connectivity index (χ0) is 13.0. The summed E-state index contributed by atoms with van der Waals surface area (Å²) in [5.74, 6) is -0.284. The Bertz CT molecular complexity index is 554. The maximum absolute atomic E-state index is 11.6. The molecule has 0 saturated carbocycles. The van der Waals surface area contributed by atoms with Gasteiger partial charge in [0.25, 0.3) is 0 Å². The molecular formula is C14H16ClNO2S. The molecule has 5 heteroatoms. The quantitative estimate of drug-likeness (QED) is 0.879. The molecule has 3 nitrogen and oxygen atoms in total. The van der Waals surface area contributed by atoms with Crippen molar-refractivity contribution < 1.29 is 9.53 Å². The standard InChI is InChI=1S/C14H15NO2S.ClH/c1-2-17-14(16)11-5-3-4-10(6-11)12-7-13(8-15)18-9-12;/h3-7,9H,2,8,15H2,1H3;1H. The van der Waals surface area contributed by atoms with Gasteiger partial charge in [-0.1, -0.05) is 12.1 Å². The lowest BCUT2D eigenvalue weighted by Crippen LogP contribution is -2.04. The van der Waals surface area contributed by atoms with E-state index in [9.17, 15) is 4.79 Å². The minimum absolute atomic E-state index is 0. The normalized spacial score (nSPS) is 9.79. The van der Waals surface area contributed by atoms with Crippen molar-refractivity contribution in [3.8, 4) is 11.1 Å². The first kappa shape index (κ1) is 15.7. The van der Waals surface area contributed by atoms with Gasteiger partial charge in [-0.25, -0.2) is 4.79 Å². The van der Waals surface area contributed by atoms with Crippen LogP contribution in [0.5, 0.6) is 0 Å². The summed E-state index contributed by atoms with van der Waals surface area (Å²) in [6.45, 7) is 2.73. The number of hydrogen-bond donors (Lipinski definition) is 1. The van der Waals surface area contributed by atoms with Gasteiger partial charge < -0.3 is 10.5 Å². The molecule has 102 valence electrons. The Hall–Kier alpha value is -1.36. The largest absolute Gasteiger partial charge is 0.462 e. The number of benzene rings is 1. The summed E-state index contributed by atoms with van der Waals surface area (Å²) < 4.78 is 4.99. The van der Waals surface area contributed by atoms with Crippen LogP contribution in [0.4, 0.5) is 0 Å². The number of nitrogens with two attached hydrogens (primary N) is 1. The fourth-order valence-corrected chi connectivity index (χ4v) is 2.45. The molecule has 0 unspecified atom stereocenters. The summed E-state index contributed by atoms with van der Waals surface area (Å²) >= 11 is 1.63. The monoisotopic (exact) mass is 297 g/mol. The smallest absolute Gasteiger partial charge is 0.338 e. The molecular weight excluding hydrogens is 282 g/mol. The molecule has 1 aromatic heterocycles. The Morgan fingerprint density at radius 1 is 1.32 bits per heavy atom. The summed E-state index contributed by atoms with van der Waals surface area (Å²) in [5.41, 5.74) is 8.27. The van der Waals surface area contributed by atoms with Crippen LogP contribution in [0.1, 0.15) is 22.2 Å². The lowest BCUT2D eigenvalue weighted by atomic mass is 10.1. The lowest BCUT2D eigenvalue weighted by Gasteiger charge is -2.03. The van der Waals surface area contributed by atoms with Gasteiger partial charge in [-0.05, 0) is 41.6 Å². The molecule has 0 aliphatic rings. The molecule has 2 rings (SSSR count). The van der Waals surface area contributed by atoms with Gasteiger partial charge in [0.2, 0.25) is 0 Å². The highest BCUT2D eigenvalue weighted by Crippen LogP contribution is 2.26. The van der Waals surface area contributed by atoms with E-state index in [1.807, 2.05) is 23.6 Å². The fourth-order valence-electron chi connectivity index (χ4n) is 1.68. The molecule has 19 heavy (non-hydrogen) atoms. The average Bonchev–Trinajstić information content (AvgIpc) is 2.88. The van der Waals surface area contributed by atoms with Crippen LogP contribution >= 0.6 is 23.7 Å². The van der Waals surface area contributed by atoms with E-state index in [1.54, 1.807) is 24.3 Å². The Kier molecular flexibility index (Phi) is 6.02. The number of carbonyl (C=O) groups is 1. The fraction of sp³-hybridized carbons (Fsp3) is 0.214. The van der Waals surface area contributed by atoms with Gasteiger partial charge >= 0.3 is 5.97 Å². The van der Waals surface area contributed by atoms with Crippen molar-refractivity contribution in [1.29, 1.82) is 0 Å². The number of hydrogen-bond acceptors (Lipinski definition) is 4. The Labute approximate surface area is 122 Å². The number of ether oxygens (including phenoxy) is 1. The van der Waals surface area contributed by atoms with Crippen molar-refractivity contribution in [2.75, 3.05) is 6.61 Å². The van der Waals surface area contributed by atoms with Gasteiger partial charge in [0.05, 0.1) is 12.2 Å². The minimum Gasteiger partial charge on any atom is -0.462 e. The van der Waals surface area contributed by atoms with Crippen LogP contribution in [0, 0.1) is 0 Å². The van der Waals surface area contributed by atoms with Gasteiger partial charge in [0.15, 0.2) is 0 Å². The van der Waals surface area contributed by atoms with Crippen LogP contribution in [0.3, 0.4) is 0 Å². The molecule has 0 bridgehead atoms. The van der Waals surface area contributed by atoms with Gasteiger partial charge in [-0.2, -0.15) is 0 Å². The summed E-state index contributed by atoms with van der Waals surface area (Å²) in [6, 6.07) is 9.50. The molecule has 0 radical (unpaired) electrons. The second-order valence-corrected chi connectivity index (χ2v) is 4.80. The molecule has 0 fully saturated rings. The van der Waals surface area contributed by atoms with Crippen molar-refractivity contribution >= 4 is 29.7 Å². The van der Waals surface area contributed by atoms with Crippen molar-refractivity contribution in [2.45, 2.75) is 13.5 Å². The number of halogens is 1. The first-order valence-electron chi connectivity index (χ1n) is 5.79. The third-order valence-corrected chi connectivity index (χ3v) is 3.52. The summed E-state index contributed by atoms with van der Waals surface area (Å²) in [7, 11) is 0. The average molecular weight is 298 g/mol. The van der Waals surface area contributed by atoms with Crippen LogP contribution in [0.2, 0.25) is 0 Å². The third-order valence-electron chi connectivity index (χ3n) is 2.56. The van der Waals surface area contributed by atoms with E-state index in [2.05, 4.69) is 6.07 Å². The SMILES string of the molecule is CCOC(=O)c1cccc(-c2csc(CN)c2)c1.Cl. The predicted molar refractivity (Wildman–Crippen MR) is 80.9 cm³/mol. The van der Waals surface area contributed by atoms with Gasteiger partial charge in [-0.3, -0.25) is 0 Å². The summed E-state index contributed by atoms with van der Waals surface area (Å²) in [6.07, 6.45) is 0. The Balaban J connectivity index is 0.00000180. The van der Waals surface area contributed by atoms with E-state index < -0.39 is 0 Å². The molecule has 1 aromatic carbocycles.